The summed E-state index contributed by atoms with van der Waals surface area (Å²) in [6, 6.07) is 23.9. The molecule has 1 aromatic heterocycles. The van der Waals surface area contributed by atoms with Gasteiger partial charge in [0.05, 0.1) is 17.2 Å². The summed E-state index contributed by atoms with van der Waals surface area (Å²) in [5.41, 5.74) is 2.37. The van der Waals surface area contributed by atoms with Crippen LogP contribution in [0.1, 0.15) is 15.9 Å². The first kappa shape index (κ1) is 21.5. The van der Waals surface area contributed by atoms with Crippen LogP contribution in [0.3, 0.4) is 0 Å². The van der Waals surface area contributed by atoms with E-state index in [9.17, 15) is 10.1 Å². The number of benzene rings is 3. The first-order valence-electron chi connectivity index (χ1n) is 9.56. The number of halogens is 2. The summed E-state index contributed by atoms with van der Waals surface area (Å²) in [6.07, 6.45) is 0. The number of furan rings is 1. The second-order valence-corrected chi connectivity index (χ2v) is 7.56. The molecule has 0 bridgehead atoms. The summed E-state index contributed by atoms with van der Waals surface area (Å²) in [5.74, 6) is -0.00627. The van der Waals surface area contributed by atoms with Crippen molar-refractivity contribution in [2.45, 2.75) is 0 Å². The number of hydrogen-bond acceptors (Lipinski definition) is 4. The van der Waals surface area contributed by atoms with E-state index in [0.29, 0.717) is 11.3 Å². The first-order valence-corrected chi connectivity index (χ1v) is 10.3. The van der Waals surface area contributed by atoms with Crippen molar-refractivity contribution in [2.75, 3.05) is 12.4 Å². The predicted octanol–water partition coefficient (Wildman–Crippen LogP) is 7.05. The number of methoxy groups -OCH3 is 1. The molecule has 0 fully saturated rings. The fraction of sp³-hybridized carbons (Fsp3) is 0.0400. The van der Waals surface area contributed by atoms with Gasteiger partial charge in [0.1, 0.15) is 23.0 Å². The van der Waals surface area contributed by atoms with Crippen LogP contribution in [0.25, 0.3) is 22.5 Å². The molecule has 4 aromatic rings. The van der Waals surface area contributed by atoms with Gasteiger partial charge in [-0.15, -0.1) is 0 Å². The average Bonchev–Trinajstić information content (AvgIpc) is 3.19. The summed E-state index contributed by atoms with van der Waals surface area (Å²) < 4.78 is 11.3. The molecule has 0 saturated heterocycles. The molecule has 158 valence electrons. The van der Waals surface area contributed by atoms with Crippen LogP contribution >= 0.6 is 23.2 Å². The van der Waals surface area contributed by atoms with E-state index in [1.54, 1.807) is 0 Å². The van der Waals surface area contributed by atoms with Crippen molar-refractivity contribution in [3.63, 3.8) is 0 Å². The lowest BCUT2D eigenvalue weighted by Gasteiger charge is -2.11. The Morgan fingerprint density at radius 3 is 2.12 bits per heavy atom. The Hall–Kier alpha value is -3.72. The maximum Gasteiger partial charge on any atom is 0.263 e. The number of carbonyl (C=O) groups is 1. The Bertz CT molecular complexity index is 1330. The highest BCUT2D eigenvalue weighted by molar-refractivity contribution is 6.37. The topological polar surface area (TPSA) is 75.3 Å². The highest BCUT2D eigenvalue weighted by Crippen LogP contribution is 2.42. The summed E-state index contributed by atoms with van der Waals surface area (Å²) in [5, 5.41) is 13.0. The van der Waals surface area contributed by atoms with Crippen molar-refractivity contribution >= 4 is 35.0 Å². The van der Waals surface area contributed by atoms with E-state index >= 15 is 0 Å². The van der Waals surface area contributed by atoms with E-state index in [4.69, 9.17) is 32.4 Å². The third-order valence-corrected chi connectivity index (χ3v) is 5.45. The van der Waals surface area contributed by atoms with Gasteiger partial charge in [-0.25, -0.2) is 0 Å². The number of hydrogen-bond donors (Lipinski definition) is 1. The molecule has 3 aromatic carbocycles. The molecule has 0 unspecified atom stereocenters. The Balaban J connectivity index is 1.87. The van der Waals surface area contributed by atoms with Gasteiger partial charge in [-0.05, 0) is 17.7 Å². The lowest BCUT2D eigenvalue weighted by Crippen LogP contribution is -2.14. The second-order valence-electron chi connectivity index (χ2n) is 6.75. The zero-order valence-corrected chi connectivity index (χ0v) is 18.4. The molecule has 0 radical (unpaired) electrons. The summed E-state index contributed by atoms with van der Waals surface area (Å²) in [4.78, 5) is 13.1. The molecule has 0 aliphatic rings. The molecule has 0 aliphatic heterocycles. The maximum absolute atomic E-state index is 13.1. The summed E-state index contributed by atoms with van der Waals surface area (Å²) in [6.45, 7) is 0. The Morgan fingerprint density at radius 1 is 0.938 bits per heavy atom. The molecule has 1 N–H and O–H groups in total. The van der Waals surface area contributed by atoms with E-state index in [1.165, 1.54) is 19.2 Å². The number of nitriles is 1. The Labute approximate surface area is 194 Å². The number of amides is 1. The van der Waals surface area contributed by atoms with Crippen LogP contribution in [0.15, 0.2) is 77.2 Å². The highest BCUT2D eigenvalue weighted by Gasteiger charge is 2.26. The molecule has 0 atom stereocenters. The predicted molar refractivity (Wildman–Crippen MR) is 125 cm³/mol. The fourth-order valence-corrected chi connectivity index (χ4v) is 3.88. The molecule has 7 heteroatoms. The number of carbonyl (C=O) groups excluding carboxylic acids is 1. The lowest BCUT2D eigenvalue weighted by molar-refractivity contribution is 0.102. The van der Waals surface area contributed by atoms with Gasteiger partial charge in [-0.3, -0.25) is 10.1 Å². The van der Waals surface area contributed by atoms with Crippen molar-refractivity contribution in [2.24, 2.45) is 0 Å². The zero-order valence-electron chi connectivity index (χ0n) is 16.9. The average molecular weight is 463 g/mol. The summed E-state index contributed by atoms with van der Waals surface area (Å²) in [7, 11) is 1.39. The van der Waals surface area contributed by atoms with Crippen molar-refractivity contribution in [3.05, 3.63) is 94.0 Å². The van der Waals surface area contributed by atoms with E-state index < -0.39 is 5.91 Å². The minimum atomic E-state index is -0.612. The zero-order chi connectivity index (χ0) is 22.7. The number of ether oxygens (including phenoxy) is 1. The SMILES string of the molecule is COc1c(Cl)ccc(Cl)c1C(=O)Nc1oc(-c2ccccc2)c(-c2ccccc2)c1C#N. The van der Waals surface area contributed by atoms with Crippen LogP contribution in [0.4, 0.5) is 5.88 Å². The van der Waals surface area contributed by atoms with E-state index in [2.05, 4.69) is 11.4 Å². The molecule has 4 rings (SSSR count). The molecule has 0 saturated carbocycles. The molecule has 0 aliphatic carbocycles. The van der Waals surface area contributed by atoms with Crippen LogP contribution in [0.2, 0.25) is 10.0 Å². The maximum atomic E-state index is 13.1. The summed E-state index contributed by atoms with van der Waals surface area (Å²) >= 11 is 12.4. The van der Waals surface area contributed by atoms with Crippen LogP contribution < -0.4 is 10.1 Å². The van der Waals surface area contributed by atoms with Crippen LogP contribution in [0, 0.1) is 11.3 Å². The van der Waals surface area contributed by atoms with Crippen LogP contribution in [-0.4, -0.2) is 13.0 Å². The van der Waals surface area contributed by atoms with Crippen molar-refractivity contribution in [1.82, 2.24) is 0 Å². The highest BCUT2D eigenvalue weighted by atomic mass is 35.5. The smallest absolute Gasteiger partial charge is 0.263 e. The van der Waals surface area contributed by atoms with E-state index in [1.807, 2.05) is 60.7 Å². The Morgan fingerprint density at radius 2 is 1.53 bits per heavy atom. The number of anilines is 1. The third kappa shape index (κ3) is 3.94. The standard InChI is InChI=1S/C25H16Cl2N2O3/c1-31-23-19(27)13-12-18(26)21(23)24(30)29-25-17(14-28)20(15-8-4-2-5-9-15)22(32-25)16-10-6-3-7-11-16/h2-13H,1H3,(H,29,30). The van der Waals surface area contributed by atoms with Gasteiger partial charge in [0, 0.05) is 11.1 Å². The van der Waals surface area contributed by atoms with E-state index in [0.717, 1.165) is 11.1 Å². The Kier molecular flexibility index (Phi) is 6.18. The molecule has 1 heterocycles. The molecule has 0 spiro atoms. The van der Waals surface area contributed by atoms with Gasteiger partial charge < -0.3 is 9.15 Å². The number of nitrogens with one attached hydrogen (secondary N) is 1. The van der Waals surface area contributed by atoms with Crippen molar-refractivity contribution < 1.29 is 13.9 Å². The van der Waals surface area contributed by atoms with Crippen molar-refractivity contribution in [3.8, 4) is 34.3 Å². The molecular weight excluding hydrogens is 447 g/mol. The first-order chi connectivity index (χ1) is 15.5. The minimum absolute atomic E-state index is 0.00769. The molecule has 5 nitrogen and oxygen atoms in total. The normalized spacial score (nSPS) is 10.4. The lowest BCUT2D eigenvalue weighted by atomic mass is 9.98. The molecule has 32 heavy (non-hydrogen) atoms. The van der Waals surface area contributed by atoms with Gasteiger partial charge >= 0.3 is 0 Å². The second kappa shape index (κ2) is 9.19. The van der Waals surface area contributed by atoms with Gasteiger partial charge in [0.2, 0.25) is 5.88 Å². The van der Waals surface area contributed by atoms with Crippen LogP contribution in [-0.2, 0) is 0 Å². The third-order valence-electron chi connectivity index (χ3n) is 4.84. The van der Waals surface area contributed by atoms with E-state index in [-0.39, 0.29) is 32.8 Å². The van der Waals surface area contributed by atoms with Gasteiger partial charge in [-0.1, -0.05) is 83.9 Å². The van der Waals surface area contributed by atoms with Gasteiger partial charge in [0.25, 0.3) is 5.91 Å². The largest absolute Gasteiger partial charge is 0.494 e. The van der Waals surface area contributed by atoms with Gasteiger partial charge in [-0.2, -0.15) is 5.26 Å². The molecular formula is C25H16Cl2N2O3. The van der Waals surface area contributed by atoms with Crippen molar-refractivity contribution in [1.29, 1.82) is 5.26 Å². The molecule has 1 amide bonds. The van der Waals surface area contributed by atoms with Crippen LogP contribution in [0.5, 0.6) is 5.75 Å². The monoisotopic (exact) mass is 462 g/mol. The number of rotatable bonds is 5. The fourth-order valence-electron chi connectivity index (χ4n) is 3.41. The minimum Gasteiger partial charge on any atom is -0.494 e. The number of nitrogens with zero attached hydrogens (tertiary/aromatic N) is 1. The quantitative estimate of drug-likeness (QED) is 0.344. The van der Waals surface area contributed by atoms with Gasteiger partial charge in [0.15, 0.2) is 5.75 Å².